The minimum absolute atomic E-state index is 0. The molecule has 0 bridgehead atoms. The predicted molar refractivity (Wildman–Crippen MR) is 69.2 cm³/mol. The molecule has 0 amide bonds. The van der Waals surface area contributed by atoms with Crippen molar-refractivity contribution in [3.63, 3.8) is 0 Å². The third kappa shape index (κ3) is 204. The van der Waals surface area contributed by atoms with E-state index in [2.05, 4.69) is 41.5 Å². The minimum Gasteiger partial charge on any atom is -0.343 e. The van der Waals surface area contributed by atoms with E-state index in [0.29, 0.717) is 0 Å². The fourth-order valence-corrected chi connectivity index (χ4v) is 0. The van der Waals surface area contributed by atoms with E-state index < -0.39 is 0 Å². The van der Waals surface area contributed by atoms with Gasteiger partial charge in [-0.15, -0.1) is 12.4 Å². The Morgan fingerprint density at radius 3 is 1.25 bits per heavy atom. The standard InChI is InChI=1S/C5H11.C4H9.ClH.Mg.H3P/c1-5(2,3)4;1-3-4-2;;;/h1H2,2-4H3;1,3-4H2,2H3;1H;;1H3/q2*-1;;+2;. The molecule has 0 heterocycles. The maximum absolute atomic E-state index is 3.77. The van der Waals surface area contributed by atoms with Crippen LogP contribution in [0.2, 0.25) is 0 Å². The van der Waals surface area contributed by atoms with Crippen molar-refractivity contribution < 1.29 is 0 Å². The first kappa shape index (κ1) is 29.2. The number of halogens is 1. The molecule has 0 nitrogen and oxygen atoms in total. The van der Waals surface area contributed by atoms with E-state index in [0.717, 1.165) is 6.42 Å². The second kappa shape index (κ2) is 18.3. The Hall–Kier alpha value is 1.49. The molecular weight excluding hydrogens is 199 g/mol. The van der Waals surface area contributed by atoms with Crippen LogP contribution in [0.3, 0.4) is 0 Å². The normalized spacial score (nSPS) is 7.50. The van der Waals surface area contributed by atoms with Gasteiger partial charge in [-0.25, -0.2) is 0 Å². The van der Waals surface area contributed by atoms with Crippen molar-refractivity contribution in [2.45, 2.75) is 40.5 Å². The molecular formula is C9H24ClMgP. The number of hydrogen-bond acceptors (Lipinski definition) is 0. The summed E-state index contributed by atoms with van der Waals surface area (Å²) in [5, 5.41) is 0. The Kier molecular flexibility index (Phi) is 44.5. The molecule has 0 aromatic heterocycles. The van der Waals surface area contributed by atoms with Crippen molar-refractivity contribution in [1.29, 1.82) is 0 Å². The van der Waals surface area contributed by atoms with E-state index in [1.165, 1.54) is 6.42 Å². The Balaban J connectivity index is -0.0000000221. The van der Waals surface area contributed by atoms with Crippen LogP contribution in [0.15, 0.2) is 0 Å². The molecule has 12 heavy (non-hydrogen) atoms. The van der Waals surface area contributed by atoms with Crippen molar-refractivity contribution in [3.8, 4) is 0 Å². The maximum atomic E-state index is 3.77. The molecule has 0 aliphatic heterocycles. The van der Waals surface area contributed by atoms with Crippen molar-refractivity contribution in [1.82, 2.24) is 0 Å². The van der Waals surface area contributed by atoms with Crippen LogP contribution < -0.4 is 0 Å². The van der Waals surface area contributed by atoms with Gasteiger partial charge < -0.3 is 13.8 Å². The Labute approximate surface area is 105 Å². The molecule has 0 aromatic rings. The molecule has 0 saturated heterocycles. The fraction of sp³-hybridized carbons (Fsp3) is 0.778. The summed E-state index contributed by atoms with van der Waals surface area (Å²) in [6.07, 6.45) is 2.28. The predicted octanol–water partition coefficient (Wildman–Crippen LogP) is 3.59. The van der Waals surface area contributed by atoms with Gasteiger partial charge in [-0.05, 0) is 0 Å². The zero-order chi connectivity index (χ0) is 7.91. The maximum Gasteiger partial charge on any atom is 2.00 e. The average molecular weight is 223 g/mol. The van der Waals surface area contributed by atoms with Gasteiger partial charge >= 0.3 is 23.1 Å². The van der Waals surface area contributed by atoms with Crippen LogP contribution >= 0.6 is 22.3 Å². The third-order valence-corrected chi connectivity index (χ3v) is 0.354. The van der Waals surface area contributed by atoms with Crippen molar-refractivity contribution in [2.24, 2.45) is 5.41 Å². The zero-order valence-electron chi connectivity index (χ0n) is 9.15. The molecule has 0 spiro atoms. The molecule has 0 aliphatic carbocycles. The minimum atomic E-state index is 0. The molecule has 0 saturated carbocycles. The molecule has 0 fully saturated rings. The monoisotopic (exact) mass is 222 g/mol. The smallest absolute Gasteiger partial charge is 0.343 e. The molecule has 0 aromatic carbocycles. The van der Waals surface area contributed by atoms with Crippen LogP contribution in [0.5, 0.6) is 0 Å². The second-order valence-electron chi connectivity index (χ2n) is 3.41. The van der Waals surface area contributed by atoms with E-state index in [1.807, 2.05) is 0 Å². The van der Waals surface area contributed by atoms with Gasteiger partial charge in [0.25, 0.3) is 0 Å². The van der Waals surface area contributed by atoms with Gasteiger partial charge in [0.1, 0.15) is 0 Å². The van der Waals surface area contributed by atoms with E-state index in [-0.39, 0.29) is 50.8 Å². The van der Waals surface area contributed by atoms with Gasteiger partial charge in [0.15, 0.2) is 0 Å². The summed E-state index contributed by atoms with van der Waals surface area (Å²) < 4.78 is 0. The zero-order valence-corrected chi connectivity index (χ0v) is 12.8. The molecule has 0 rings (SSSR count). The Morgan fingerprint density at radius 1 is 1.17 bits per heavy atom. The summed E-state index contributed by atoms with van der Waals surface area (Å²) >= 11 is 0. The van der Waals surface area contributed by atoms with Crippen molar-refractivity contribution >= 4 is 45.4 Å². The van der Waals surface area contributed by atoms with E-state index in [9.17, 15) is 0 Å². The first-order valence-corrected chi connectivity index (χ1v) is 3.56. The van der Waals surface area contributed by atoms with Crippen LogP contribution in [-0.4, -0.2) is 23.1 Å². The molecule has 74 valence electrons. The Morgan fingerprint density at radius 2 is 1.25 bits per heavy atom. The summed E-state index contributed by atoms with van der Waals surface area (Å²) in [6, 6.07) is 0. The van der Waals surface area contributed by atoms with Gasteiger partial charge in [0.05, 0.1) is 0 Å². The van der Waals surface area contributed by atoms with Gasteiger partial charge in [0, 0.05) is 0 Å². The molecule has 1 unspecified atom stereocenters. The molecule has 1 atom stereocenters. The first-order chi connectivity index (χ1) is 3.91. The van der Waals surface area contributed by atoms with Crippen LogP contribution in [0.25, 0.3) is 0 Å². The first-order valence-electron chi connectivity index (χ1n) is 3.56. The number of unbranched alkanes of at least 4 members (excludes halogenated alkanes) is 1. The van der Waals surface area contributed by atoms with E-state index >= 15 is 0 Å². The number of hydrogen-bond donors (Lipinski definition) is 0. The van der Waals surface area contributed by atoms with Crippen LogP contribution in [0, 0.1) is 19.3 Å². The Bertz CT molecular complexity index is 45.0. The SMILES string of the molecule is Cl.P.[CH2-]C(C)(C)C.[CH2-]CCC.[Mg+2]. The van der Waals surface area contributed by atoms with E-state index in [1.54, 1.807) is 0 Å². The molecule has 0 N–H and O–H groups in total. The number of rotatable bonds is 1. The summed E-state index contributed by atoms with van der Waals surface area (Å²) in [7, 11) is 0. The van der Waals surface area contributed by atoms with Crippen LogP contribution in [0.1, 0.15) is 40.5 Å². The van der Waals surface area contributed by atoms with Crippen molar-refractivity contribution in [3.05, 3.63) is 13.8 Å². The largest absolute Gasteiger partial charge is 2.00 e. The topological polar surface area (TPSA) is 0 Å². The average Bonchev–Trinajstić information content (AvgIpc) is 1.61. The van der Waals surface area contributed by atoms with E-state index in [4.69, 9.17) is 0 Å². The molecule has 3 heteroatoms. The van der Waals surface area contributed by atoms with Gasteiger partial charge in [-0.2, -0.15) is 21.7 Å². The van der Waals surface area contributed by atoms with Gasteiger partial charge in [-0.1, -0.05) is 34.1 Å². The molecule has 0 radical (unpaired) electrons. The quantitative estimate of drug-likeness (QED) is 0.362. The fourth-order valence-electron chi connectivity index (χ4n) is 0. The van der Waals surface area contributed by atoms with Gasteiger partial charge in [-0.3, -0.25) is 0 Å². The van der Waals surface area contributed by atoms with Crippen LogP contribution in [-0.2, 0) is 0 Å². The second-order valence-corrected chi connectivity index (χ2v) is 3.41. The van der Waals surface area contributed by atoms with Gasteiger partial charge in [0.2, 0.25) is 0 Å². The summed E-state index contributed by atoms with van der Waals surface area (Å²) in [6.45, 7) is 15.7. The third-order valence-electron chi connectivity index (χ3n) is 0.354. The van der Waals surface area contributed by atoms with Crippen LogP contribution in [0.4, 0.5) is 0 Å². The summed E-state index contributed by atoms with van der Waals surface area (Å²) in [5.41, 5.74) is 0.250. The summed E-state index contributed by atoms with van der Waals surface area (Å²) in [5.74, 6) is 0. The molecule has 0 aliphatic rings. The van der Waals surface area contributed by atoms with Crippen molar-refractivity contribution in [2.75, 3.05) is 0 Å². The summed E-state index contributed by atoms with van der Waals surface area (Å²) in [4.78, 5) is 0.